The van der Waals surface area contributed by atoms with E-state index in [1.165, 1.54) is 11.5 Å². The summed E-state index contributed by atoms with van der Waals surface area (Å²) in [7, 11) is 0. The molecule has 0 saturated carbocycles. The van der Waals surface area contributed by atoms with E-state index in [9.17, 15) is 0 Å². The quantitative estimate of drug-likeness (QED) is 0.685. The number of pyridine rings is 1. The van der Waals surface area contributed by atoms with Crippen molar-refractivity contribution in [2.45, 2.75) is 6.92 Å². The minimum atomic E-state index is 0.348. The molecule has 3 heterocycles. The number of nitrogens with two attached hydrogens (primary N) is 1. The lowest BCUT2D eigenvalue weighted by molar-refractivity contribution is 0.432. The van der Waals surface area contributed by atoms with Gasteiger partial charge in [-0.3, -0.25) is 4.98 Å². The fourth-order valence-corrected chi connectivity index (χ4v) is 3.47. The van der Waals surface area contributed by atoms with Crippen LogP contribution in [0.4, 0.5) is 5.00 Å². The topological polar surface area (TPSA) is 90.7 Å². The first-order chi connectivity index (χ1) is 9.56. The summed E-state index contributed by atoms with van der Waals surface area (Å²) < 4.78 is 11.1. The molecule has 102 valence electrons. The van der Waals surface area contributed by atoms with E-state index < -0.39 is 0 Å². The first-order valence-electron chi connectivity index (χ1n) is 5.43. The highest BCUT2D eigenvalue weighted by atomic mass is 79.9. The lowest BCUT2D eigenvalue weighted by Gasteiger charge is -1.97. The molecular formula is C11H7Br2N5OS. The molecule has 0 saturated heterocycles. The van der Waals surface area contributed by atoms with Crippen molar-refractivity contribution in [3.63, 3.8) is 0 Å². The van der Waals surface area contributed by atoms with E-state index >= 15 is 0 Å². The van der Waals surface area contributed by atoms with E-state index in [1.54, 1.807) is 6.20 Å². The number of anilines is 1. The number of hydrogen-bond donors (Lipinski definition) is 1. The lowest BCUT2D eigenvalue weighted by atomic mass is 10.2. The third-order valence-corrected chi connectivity index (χ3v) is 4.35. The fourth-order valence-electron chi connectivity index (χ4n) is 1.65. The van der Waals surface area contributed by atoms with Gasteiger partial charge in [0.05, 0.1) is 11.3 Å². The van der Waals surface area contributed by atoms with Crippen molar-refractivity contribution in [2.24, 2.45) is 0 Å². The van der Waals surface area contributed by atoms with Crippen LogP contribution >= 0.6 is 43.4 Å². The van der Waals surface area contributed by atoms with Crippen LogP contribution in [0.3, 0.4) is 0 Å². The van der Waals surface area contributed by atoms with Crippen molar-refractivity contribution in [3.8, 4) is 23.0 Å². The molecule has 9 heteroatoms. The minimum Gasteiger partial charge on any atom is -0.389 e. The minimum absolute atomic E-state index is 0.348. The van der Waals surface area contributed by atoms with Gasteiger partial charge in [-0.25, -0.2) is 0 Å². The number of aromatic nitrogens is 4. The summed E-state index contributed by atoms with van der Waals surface area (Å²) in [6, 6.07) is 1.87. The van der Waals surface area contributed by atoms with Crippen LogP contribution in [0.15, 0.2) is 25.7 Å². The maximum Gasteiger partial charge on any atom is 0.263 e. The Kier molecular flexibility index (Phi) is 3.57. The molecule has 0 aromatic carbocycles. The molecule has 2 N–H and O–H groups in total. The summed E-state index contributed by atoms with van der Waals surface area (Å²) in [6.07, 6.45) is 1.67. The predicted molar refractivity (Wildman–Crippen MR) is 83.2 cm³/mol. The number of nitrogen functional groups attached to an aromatic ring is 1. The molecule has 0 unspecified atom stereocenters. The third-order valence-electron chi connectivity index (χ3n) is 2.55. The van der Waals surface area contributed by atoms with Gasteiger partial charge in [0.15, 0.2) is 0 Å². The zero-order chi connectivity index (χ0) is 14.3. The molecule has 0 aliphatic heterocycles. The molecule has 3 aromatic heterocycles. The Hall–Kier alpha value is -1.32. The Labute approximate surface area is 134 Å². The van der Waals surface area contributed by atoms with E-state index in [2.05, 4.69) is 51.4 Å². The van der Waals surface area contributed by atoms with Crippen LogP contribution in [0.25, 0.3) is 23.0 Å². The maximum atomic E-state index is 5.87. The molecule has 0 amide bonds. The zero-order valence-corrected chi connectivity index (χ0v) is 14.1. The molecule has 3 rings (SSSR count). The fraction of sp³-hybridized carbons (Fsp3) is 0.0909. The van der Waals surface area contributed by atoms with E-state index in [1.807, 2.05) is 13.0 Å². The van der Waals surface area contributed by atoms with Gasteiger partial charge in [0.25, 0.3) is 5.89 Å². The van der Waals surface area contributed by atoms with Crippen molar-refractivity contribution in [1.29, 1.82) is 0 Å². The van der Waals surface area contributed by atoms with Gasteiger partial charge in [-0.05, 0) is 56.4 Å². The van der Waals surface area contributed by atoms with Gasteiger partial charge in [0.1, 0.15) is 10.7 Å². The second-order valence-electron chi connectivity index (χ2n) is 3.91. The summed E-state index contributed by atoms with van der Waals surface area (Å²) in [5, 5.41) is 4.50. The zero-order valence-electron chi connectivity index (χ0n) is 10.1. The molecule has 0 bridgehead atoms. The van der Waals surface area contributed by atoms with Crippen molar-refractivity contribution < 1.29 is 4.52 Å². The van der Waals surface area contributed by atoms with Crippen LogP contribution < -0.4 is 5.73 Å². The van der Waals surface area contributed by atoms with Crippen molar-refractivity contribution in [2.75, 3.05) is 5.73 Å². The van der Waals surface area contributed by atoms with E-state index in [-0.39, 0.29) is 0 Å². The summed E-state index contributed by atoms with van der Waals surface area (Å²) in [4.78, 5) is 8.60. The molecule has 20 heavy (non-hydrogen) atoms. The molecule has 0 radical (unpaired) electrons. The molecule has 0 fully saturated rings. The first kappa shape index (κ1) is 13.7. The predicted octanol–water partition coefficient (Wildman–Crippen LogP) is 3.67. The average Bonchev–Trinajstić information content (AvgIpc) is 2.97. The van der Waals surface area contributed by atoms with Gasteiger partial charge < -0.3 is 10.3 Å². The number of aryl methyl sites for hydroxylation is 1. The molecule has 0 aliphatic rings. The smallest absolute Gasteiger partial charge is 0.263 e. The van der Waals surface area contributed by atoms with Gasteiger partial charge in [-0.2, -0.15) is 9.36 Å². The summed E-state index contributed by atoms with van der Waals surface area (Å²) >= 11 is 7.97. The highest BCUT2D eigenvalue weighted by molar-refractivity contribution is 9.11. The van der Waals surface area contributed by atoms with Crippen molar-refractivity contribution in [3.05, 3.63) is 26.9 Å². The van der Waals surface area contributed by atoms with E-state index in [0.29, 0.717) is 28.0 Å². The van der Waals surface area contributed by atoms with E-state index in [0.717, 1.165) is 14.6 Å². The second-order valence-corrected chi connectivity index (χ2v) is 6.49. The van der Waals surface area contributed by atoms with Crippen LogP contribution in [0.2, 0.25) is 0 Å². The molecular weight excluding hydrogens is 410 g/mol. The van der Waals surface area contributed by atoms with Crippen molar-refractivity contribution in [1.82, 2.24) is 19.5 Å². The monoisotopic (exact) mass is 415 g/mol. The van der Waals surface area contributed by atoms with Crippen LogP contribution in [-0.2, 0) is 0 Å². The number of nitrogens with zero attached hydrogens (tertiary/aromatic N) is 4. The summed E-state index contributed by atoms with van der Waals surface area (Å²) in [5.74, 6) is 0.741. The van der Waals surface area contributed by atoms with E-state index in [4.69, 9.17) is 10.3 Å². The lowest BCUT2D eigenvalue weighted by Crippen LogP contribution is -1.89. The molecule has 3 aromatic rings. The Bertz CT molecular complexity index is 765. The normalized spacial score (nSPS) is 10.9. The largest absolute Gasteiger partial charge is 0.389 e. The van der Waals surface area contributed by atoms with Crippen LogP contribution in [-0.4, -0.2) is 19.5 Å². The number of hydrogen-bond acceptors (Lipinski definition) is 7. The van der Waals surface area contributed by atoms with Gasteiger partial charge in [-0.15, -0.1) is 0 Å². The Morgan fingerprint density at radius 2 is 2.15 bits per heavy atom. The van der Waals surface area contributed by atoms with Gasteiger partial charge in [0.2, 0.25) is 5.82 Å². The van der Waals surface area contributed by atoms with Crippen LogP contribution in [0, 0.1) is 6.92 Å². The summed E-state index contributed by atoms with van der Waals surface area (Å²) in [6.45, 7) is 1.85. The Morgan fingerprint density at radius 1 is 1.35 bits per heavy atom. The number of halogens is 2. The van der Waals surface area contributed by atoms with Gasteiger partial charge >= 0.3 is 0 Å². The second kappa shape index (κ2) is 5.23. The van der Waals surface area contributed by atoms with Gasteiger partial charge in [0, 0.05) is 15.1 Å². The first-order valence-corrected chi connectivity index (χ1v) is 7.79. The standard InChI is InChI=1S/C11H7Br2N5OS/c1-4-7(9(14)20-18-4)11-16-10(17-19-11)8-6(13)2-5(12)3-15-8/h2-3H,14H2,1H3. The Balaban J connectivity index is 2.07. The molecule has 0 atom stereocenters. The molecule has 0 aliphatic carbocycles. The molecule has 0 spiro atoms. The average molecular weight is 417 g/mol. The SMILES string of the molecule is Cc1nsc(N)c1-c1nc(-c2ncc(Br)cc2Br)no1. The highest BCUT2D eigenvalue weighted by Crippen LogP contribution is 2.33. The third kappa shape index (κ3) is 2.36. The van der Waals surface area contributed by atoms with Crippen LogP contribution in [0.5, 0.6) is 0 Å². The maximum absolute atomic E-state index is 5.87. The number of rotatable bonds is 2. The highest BCUT2D eigenvalue weighted by Gasteiger charge is 2.19. The summed E-state index contributed by atoms with van der Waals surface area (Å²) in [5.41, 5.74) is 7.92. The molecule has 6 nitrogen and oxygen atoms in total. The Morgan fingerprint density at radius 3 is 2.80 bits per heavy atom. The van der Waals surface area contributed by atoms with Gasteiger partial charge in [-0.1, -0.05) is 5.16 Å². The van der Waals surface area contributed by atoms with Crippen molar-refractivity contribution >= 4 is 48.4 Å². The van der Waals surface area contributed by atoms with Crippen LogP contribution in [0.1, 0.15) is 5.69 Å².